The first kappa shape index (κ1) is 32.0. The van der Waals surface area contributed by atoms with Crippen LogP contribution < -0.4 is 0 Å². The summed E-state index contributed by atoms with van der Waals surface area (Å²) >= 11 is 0. The van der Waals surface area contributed by atoms with Gasteiger partial charge in [-0.2, -0.15) is 0 Å². The van der Waals surface area contributed by atoms with E-state index < -0.39 is 0 Å². The molecular weight excluding hydrogens is 376 g/mol. The van der Waals surface area contributed by atoms with Crippen molar-refractivity contribution < 1.29 is 19.7 Å². The smallest absolute Gasteiger partial charge is 0.0697 e. The second kappa shape index (κ2) is 33.5. The van der Waals surface area contributed by atoms with E-state index in [1.165, 1.54) is 103 Å². The maximum Gasteiger partial charge on any atom is 0.0697 e. The van der Waals surface area contributed by atoms with Crippen molar-refractivity contribution in [2.45, 2.75) is 129 Å². The van der Waals surface area contributed by atoms with Gasteiger partial charge in [0.15, 0.2) is 0 Å². The molecule has 4 nitrogen and oxygen atoms in total. The highest BCUT2D eigenvalue weighted by atomic mass is 16.5. The Kier molecular flexibility index (Phi) is 35.7. The molecule has 0 saturated carbocycles. The largest absolute Gasteiger partial charge is 0.394 e. The fraction of sp³-hybridized carbons (Fsp3) is 1.00. The van der Waals surface area contributed by atoms with E-state index in [0.29, 0.717) is 13.2 Å². The summed E-state index contributed by atoms with van der Waals surface area (Å²) in [5, 5.41) is 17.0. The van der Waals surface area contributed by atoms with E-state index in [1.807, 2.05) is 0 Å². The fourth-order valence-corrected chi connectivity index (χ4v) is 3.36. The molecule has 0 bridgehead atoms. The lowest BCUT2D eigenvalue weighted by molar-refractivity contribution is 0.0895. The third kappa shape index (κ3) is 35.3. The topological polar surface area (TPSA) is 58.9 Å². The van der Waals surface area contributed by atoms with Gasteiger partial charge in [0.25, 0.3) is 0 Å². The molecule has 0 saturated heterocycles. The average Bonchev–Trinajstić information content (AvgIpc) is 2.76. The van der Waals surface area contributed by atoms with Crippen molar-refractivity contribution in [3.8, 4) is 0 Å². The van der Waals surface area contributed by atoms with Crippen LogP contribution in [-0.4, -0.2) is 49.9 Å². The number of aliphatic hydroxyl groups excluding tert-OH is 2. The number of hydrogen-bond donors (Lipinski definition) is 2. The van der Waals surface area contributed by atoms with Crippen LogP contribution in [0.1, 0.15) is 129 Å². The predicted molar refractivity (Wildman–Crippen MR) is 130 cm³/mol. The molecular formula is C26H56O4. The number of ether oxygens (including phenoxy) is 2. The Hall–Kier alpha value is -0.160. The van der Waals surface area contributed by atoms with E-state index in [2.05, 4.69) is 13.8 Å². The highest BCUT2D eigenvalue weighted by Gasteiger charge is 1.93. The summed E-state index contributed by atoms with van der Waals surface area (Å²) < 4.78 is 10.4. The van der Waals surface area contributed by atoms with Gasteiger partial charge in [-0.05, 0) is 12.8 Å². The van der Waals surface area contributed by atoms with Crippen LogP contribution >= 0.6 is 0 Å². The van der Waals surface area contributed by atoms with Crippen LogP contribution in [0.25, 0.3) is 0 Å². The van der Waals surface area contributed by atoms with Crippen LogP contribution in [0.15, 0.2) is 0 Å². The quantitative estimate of drug-likeness (QED) is 0.160. The molecule has 0 rings (SSSR count). The molecule has 0 fully saturated rings. The van der Waals surface area contributed by atoms with Gasteiger partial charge in [0.05, 0.1) is 26.4 Å². The Morgan fingerprint density at radius 1 is 0.367 bits per heavy atom. The van der Waals surface area contributed by atoms with Gasteiger partial charge in [0.2, 0.25) is 0 Å². The maximum absolute atomic E-state index is 8.48. The number of hydrogen-bond acceptors (Lipinski definition) is 4. The molecule has 2 N–H and O–H groups in total. The number of aliphatic hydroxyl groups is 2. The highest BCUT2D eigenvalue weighted by molar-refractivity contribution is 4.47. The fourth-order valence-electron chi connectivity index (χ4n) is 3.36. The van der Waals surface area contributed by atoms with E-state index in [-0.39, 0.29) is 13.2 Å². The maximum atomic E-state index is 8.48. The van der Waals surface area contributed by atoms with Gasteiger partial charge < -0.3 is 19.7 Å². The molecule has 0 aromatic heterocycles. The molecule has 30 heavy (non-hydrogen) atoms. The molecule has 0 atom stereocenters. The first-order chi connectivity index (χ1) is 14.8. The van der Waals surface area contributed by atoms with E-state index in [0.717, 1.165) is 26.1 Å². The van der Waals surface area contributed by atoms with Crippen molar-refractivity contribution in [1.29, 1.82) is 0 Å². The van der Waals surface area contributed by atoms with Crippen LogP contribution in [0.2, 0.25) is 0 Å². The zero-order valence-electron chi connectivity index (χ0n) is 20.7. The second-order valence-electron chi connectivity index (χ2n) is 8.33. The monoisotopic (exact) mass is 432 g/mol. The normalized spacial score (nSPS) is 10.8. The van der Waals surface area contributed by atoms with E-state index in [1.54, 1.807) is 0 Å². The number of rotatable bonds is 24. The second-order valence-corrected chi connectivity index (χ2v) is 8.33. The van der Waals surface area contributed by atoms with Crippen LogP contribution in [-0.2, 0) is 9.47 Å². The van der Waals surface area contributed by atoms with Crippen molar-refractivity contribution in [3.05, 3.63) is 0 Å². The van der Waals surface area contributed by atoms with Crippen molar-refractivity contribution in [3.63, 3.8) is 0 Å². The first-order valence-electron chi connectivity index (χ1n) is 13.2. The minimum absolute atomic E-state index is 0.150. The molecule has 0 aliphatic rings. The summed E-state index contributed by atoms with van der Waals surface area (Å²) in [5.74, 6) is 0. The first-order valence-corrected chi connectivity index (χ1v) is 13.2. The Balaban J connectivity index is 0. The van der Waals surface area contributed by atoms with Gasteiger partial charge in [-0.25, -0.2) is 0 Å². The van der Waals surface area contributed by atoms with Gasteiger partial charge >= 0.3 is 0 Å². The van der Waals surface area contributed by atoms with Crippen molar-refractivity contribution >= 4 is 0 Å². The molecule has 0 heterocycles. The lowest BCUT2D eigenvalue weighted by Crippen LogP contribution is -2.00. The molecule has 0 unspecified atom stereocenters. The van der Waals surface area contributed by atoms with E-state index in [4.69, 9.17) is 19.7 Å². The lowest BCUT2D eigenvalue weighted by atomic mass is 10.1. The predicted octanol–water partition coefficient (Wildman–Crippen LogP) is 7.05. The molecule has 184 valence electrons. The Morgan fingerprint density at radius 2 is 0.633 bits per heavy atom. The minimum atomic E-state index is 0.150. The Bertz CT molecular complexity index is 211. The molecule has 0 aromatic rings. The summed E-state index contributed by atoms with van der Waals surface area (Å²) in [5.41, 5.74) is 0. The molecule has 0 aromatic carbocycles. The van der Waals surface area contributed by atoms with Crippen LogP contribution in [0, 0.1) is 0 Å². The minimum Gasteiger partial charge on any atom is -0.394 e. The molecule has 0 spiro atoms. The summed E-state index contributed by atoms with van der Waals surface area (Å²) in [7, 11) is 0. The van der Waals surface area contributed by atoms with Crippen molar-refractivity contribution in [2.75, 3.05) is 39.6 Å². The summed E-state index contributed by atoms with van der Waals surface area (Å²) in [6.07, 6.45) is 24.2. The van der Waals surface area contributed by atoms with E-state index in [9.17, 15) is 0 Å². The van der Waals surface area contributed by atoms with Crippen molar-refractivity contribution in [1.82, 2.24) is 0 Å². The highest BCUT2D eigenvalue weighted by Crippen LogP contribution is 2.10. The SMILES string of the molecule is CCCCCCCCCCCOCCO.CCCCCCCCCCCOCCO. The lowest BCUT2D eigenvalue weighted by Gasteiger charge is -2.02. The molecule has 0 aliphatic carbocycles. The van der Waals surface area contributed by atoms with Crippen molar-refractivity contribution in [2.24, 2.45) is 0 Å². The zero-order valence-corrected chi connectivity index (χ0v) is 20.7. The number of unbranched alkanes of at least 4 members (excludes halogenated alkanes) is 16. The zero-order chi connectivity index (χ0) is 22.4. The third-order valence-electron chi connectivity index (χ3n) is 5.26. The van der Waals surface area contributed by atoms with Gasteiger partial charge in [0.1, 0.15) is 0 Å². The van der Waals surface area contributed by atoms with Gasteiger partial charge in [0, 0.05) is 13.2 Å². The average molecular weight is 433 g/mol. The van der Waals surface area contributed by atoms with Crippen LogP contribution in [0.4, 0.5) is 0 Å². The van der Waals surface area contributed by atoms with Gasteiger partial charge in [-0.15, -0.1) is 0 Å². The van der Waals surface area contributed by atoms with Gasteiger partial charge in [-0.3, -0.25) is 0 Å². The third-order valence-corrected chi connectivity index (χ3v) is 5.26. The van der Waals surface area contributed by atoms with Crippen LogP contribution in [0.5, 0.6) is 0 Å². The van der Waals surface area contributed by atoms with Gasteiger partial charge in [-0.1, -0.05) is 117 Å². The summed E-state index contributed by atoms with van der Waals surface area (Å²) in [6.45, 7) is 7.44. The summed E-state index contributed by atoms with van der Waals surface area (Å²) in [4.78, 5) is 0. The molecule has 0 radical (unpaired) electrons. The molecule has 4 heteroatoms. The van der Waals surface area contributed by atoms with Crippen LogP contribution in [0.3, 0.4) is 0 Å². The Morgan fingerprint density at radius 3 is 0.900 bits per heavy atom. The molecule has 0 aliphatic heterocycles. The Labute approximate surface area is 189 Å². The standard InChI is InChI=1S/2C13H28O2/c2*1-2-3-4-5-6-7-8-9-10-12-15-13-11-14/h2*14H,2-13H2,1H3. The molecule has 0 amide bonds. The summed E-state index contributed by atoms with van der Waals surface area (Å²) in [6, 6.07) is 0. The van der Waals surface area contributed by atoms with E-state index >= 15 is 0 Å².